The van der Waals surface area contributed by atoms with Crippen molar-refractivity contribution in [3.8, 4) is 101 Å². The molecule has 9 aromatic heterocycles. The van der Waals surface area contributed by atoms with Gasteiger partial charge in [0.2, 0.25) is 17.1 Å². The molecule has 1 saturated carbocycles. The Kier molecular flexibility index (Phi) is 19.0. The third-order valence-electron chi connectivity index (χ3n) is 26.9. The predicted molar refractivity (Wildman–Crippen MR) is 559 cm³/mol. The summed E-state index contributed by atoms with van der Waals surface area (Å²) in [6, 6.07) is 132. The second-order valence-electron chi connectivity index (χ2n) is 34.9. The number of rotatable bonds is 10. The van der Waals surface area contributed by atoms with Gasteiger partial charge in [-0.05, 0) is 215 Å². The minimum Gasteiger partial charge on any atom is -0.436 e. The summed E-state index contributed by atoms with van der Waals surface area (Å²) in [5, 5.41) is 18.1. The first-order valence-corrected chi connectivity index (χ1v) is 47.8. The molecule has 1 fully saturated rings. The highest BCUT2D eigenvalue weighted by atomic mass is 32.1. The zero-order chi connectivity index (χ0) is 87.7. The molecule has 9 heterocycles. The van der Waals surface area contributed by atoms with E-state index in [1.54, 1.807) is 0 Å². The molecule has 9 nitrogen and oxygen atoms in total. The minimum absolute atomic E-state index is 0.518. The Morgan fingerprint density at radius 3 is 1.08 bits per heavy atom. The van der Waals surface area contributed by atoms with Gasteiger partial charge in [-0.15, -0.1) is 34.0 Å². The van der Waals surface area contributed by atoms with Gasteiger partial charge in [0.05, 0.1) is 46.4 Å². The molecule has 18 aromatic carbocycles. The summed E-state index contributed by atoms with van der Waals surface area (Å²) in [5.74, 6) is 0.518. The van der Waals surface area contributed by atoms with Crippen molar-refractivity contribution in [3.63, 3.8) is 0 Å². The Morgan fingerprint density at radius 1 is 0.256 bits per heavy atom. The lowest BCUT2D eigenvalue weighted by Crippen LogP contribution is -2.04. The first kappa shape index (κ1) is 78.1. The van der Waals surface area contributed by atoms with Crippen LogP contribution in [-0.4, -0.2) is 29.9 Å². The highest BCUT2D eigenvalue weighted by Crippen LogP contribution is 2.49. The van der Waals surface area contributed by atoms with Crippen LogP contribution in [0.5, 0.6) is 0 Å². The summed E-state index contributed by atoms with van der Waals surface area (Å²) in [4.78, 5) is 29.7. The summed E-state index contributed by atoms with van der Waals surface area (Å²) in [5.41, 5.74) is 29.1. The molecule has 1 aliphatic carbocycles. The van der Waals surface area contributed by atoms with E-state index in [9.17, 15) is 0 Å². The van der Waals surface area contributed by atoms with Gasteiger partial charge in [0.1, 0.15) is 33.3 Å². The molecule has 27 aromatic rings. The average molecular weight is 1760 g/mol. The van der Waals surface area contributed by atoms with Crippen LogP contribution in [0.4, 0.5) is 0 Å². The standard InChI is InChI=1S/C44H32N2OS.C39H24N2OS.C38H22N2OS/c1-2-11-27(12-3-1)37-25-31-13-4-5-18-33(31)40-41-44(47-42(37)40)45-26-38(46-41)32-17-9-15-29(24-32)28-14-8-16-30(23-28)34-20-10-21-36-35-19-6-7-22-39(35)48-43(34)36;1-23-19-26-9-2-3-14-29(26)35-36-39(42-37(23)35)40-22-33(41-36)28-13-7-11-25(21-28)24-10-6-12-27(20-24)30-16-8-17-32-31-15-4-5-18-34(31)43-38(30)32;1-2-9-26-21-34-32(20-25(26)8-1)36-38(41-34)40-33(22-39-36)28-13-6-11-24(19-28)23-10-5-12-27(18-23)29-15-7-16-31-30-14-3-4-17-35(30)42-37(29)31/h4-10,13-27H,1-3,11-12H2;2-22H,1H3;1-22H. The van der Waals surface area contributed by atoms with Crippen LogP contribution in [0.25, 0.3) is 260 Å². The van der Waals surface area contributed by atoms with Gasteiger partial charge in [-0.2, -0.15) is 0 Å². The third kappa shape index (κ3) is 13.8. The van der Waals surface area contributed by atoms with Gasteiger partial charge in [-0.25, -0.2) is 29.9 Å². The smallest absolute Gasteiger partial charge is 0.246 e. The molecule has 0 unspecified atom stereocenters. The molecule has 1 aliphatic rings. The lowest BCUT2D eigenvalue weighted by atomic mass is 9.82. The number of benzene rings is 18. The van der Waals surface area contributed by atoms with Gasteiger partial charge in [0.25, 0.3) is 0 Å². The van der Waals surface area contributed by atoms with Crippen molar-refractivity contribution in [2.45, 2.75) is 44.9 Å². The molecule has 0 N–H and O–H groups in total. The summed E-state index contributed by atoms with van der Waals surface area (Å²) >= 11 is 5.60. The monoisotopic (exact) mass is 1760 g/mol. The summed E-state index contributed by atoms with van der Waals surface area (Å²) in [7, 11) is 0. The van der Waals surface area contributed by atoms with E-state index in [4.69, 9.17) is 43.2 Å². The van der Waals surface area contributed by atoms with Crippen LogP contribution in [0, 0.1) is 6.92 Å². The summed E-state index contributed by atoms with van der Waals surface area (Å²) < 4.78 is 26.9. The van der Waals surface area contributed by atoms with Crippen LogP contribution in [0.2, 0.25) is 0 Å². The molecular formula is C121H78N6O3S3. The number of fused-ring (bicyclic) bond motifs is 23. The normalized spacial score (nSPS) is 12.7. The minimum atomic E-state index is 0.518. The Morgan fingerprint density at radius 2 is 0.609 bits per heavy atom. The van der Waals surface area contributed by atoms with E-state index in [0.29, 0.717) is 23.1 Å². The van der Waals surface area contributed by atoms with Crippen molar-refractivity contribution in [2.75, 3.05) is 0 Å². The Balaban J connectivity index is 0.000000105. The van der Waals surface area contributed by atoms with Crippen LogP contribution in [0.15, 0.2) is 402 Å². The van der Waals surface area contributed by atoms with Gasteiger partial charge in [-0.3, -0.25) is 0 Å². The quantitative estimate of drug-likeness (QED) is 0.132. The van der Waals surface area contributed by atoms with E-state index in [1.807, 2.05) is 64.7 Å². The van der Waals surface area contributed by atoms with Crippen molar-refractivity contribution in [2.24, 2.45) is 0 Å². The van der Waals surface area contributed by atoms with E-state index in [2.05, 4.69) is 365 Å². The van der Waals surface area contributed by atoms with Crippen molar-refractivity contribution in [3.05, 3.63) is 400 Å². The molecule has 12 heteroatoms. The lowest BCUT2D eigenvalue weighted by molar-refractivity contribution is 0.442. The fourth-order valence-corrected chi connectivity index (χ4v) is 24.1. The SMILES string of the molecule is Cc1cc2ccccc2c2c1oc1ncc(-c3cccc(-c4cccc(-c5cccc6c5sc5ccccc56)c4)c3)nc12.c1cc(-c2cccc(-c3cccc4c3sc3ccccc34)c2)cc(-c2cnc3c(n2)oc2cc4ccccc4cc23)c1.c1cc(-c2cccc(-c3cccc4c3sc3ccccc34)c2)cc(-c2cnc3oc4c(C5CCCCC5)cc5ccccc5c4c3n2)c1. The molecule has 133 heavy (non-hydrogen) atoms. The molecule has 0 spiro atoms. The maximum absolute atomic E-state index is 6.56. The van der Waals surface area contributed by atoms with Crippen LogP contribution in [0.3, 0.4) is 0 Å². The topological polar surface area (TPSA) is 117 Å². The first-order chi connectivity index (χ1) is 65.8. The molecule has 28 rings (SSSR count). The molecule has 0 atom stereocenters. The lowest BCUT2D eigenvalue weighted by Gasteiger charge is -2.22. The van der Waals surface area contributed by atoms with Gasteiger partial charge < -0.3 is 13.3 Å². The van der Waals surface area contributed by atoms with Gasteiger partial charge >= 0.3 is 0 Å². The maximum atomic E-state index is 6.56. The van der Waals surface area contributed by atoms with E-state index < -0.39 is 0 Å². The summed E-state index contributed by atoms with van der Waals surface area (Å²) in [6.45, 7) is 2.08. The van der Waals surface area contributed by atoms with Crippen LogP contribution >= 0.6 is 34.0 Å². The first-order valence-electron chi connectivity index (χ1n) is 45.4. The van der Waals surface area contributed by atoms with Gasteiger partial charge in [0, 0.05) is 82.6 Å². The molecule has 0 bridgehead atoms. The number of hydrogen-bond donors (Lipinski definition) is 0. The van der Waals surface area contributed by atoms with E-state index in [-0.39, 0.29) is 0 Å². The predicted octanol–water partition coefficient (Wildman–Crippen LogP) is 35.1. The number of nitrogens with zero attached hydrogens (tertiary/aromatic N) is 6. The number of hydrogen-bond acceptors (Lipinski definition) is 12. The zero-order valence-electron chi connectivity index (χ0n) is 72.2. The molecular weight excluding hydrogens is 1680 g/mol. The molecule has 0 amide bonds. The number of aryl methyl sites for hydroxylation is 1. The Bertz CT molecular complexity index is 9410. The fourth-order valence-electron chi connectivity index (χ4n) is 20.4. The Labute approximate surface area is 775 Å². The molecule has 0 radical (unpaired) electrons. The third-order valence-corrected chi connectivity index (χ3v) is 30.5. The number of aromatic nitrogens is 6. The Hall–Kier alpha value is -16.0. The molecule has 0 saturated heterocycles. The average Bonchev–Trinajstić information content (AvgIpc) is 1.60. The number of furan rings is 3. The fraction of sp³-hybridized carbons (Fsp3) is 0.0579. The van der Waals surface area contributed by atoms with E-state index in [0.717, 1.165) is 127 Å². The van der Waals surface area contributed by atoms with Crippen molar-refractivity contribution >= 4 is 193 Å². The number of thiophene rings is 3. The van der Waals surface area contributed by atoms with Crippen LogP contribution in [0.1, 0.15) is 49.1 Å². The second kappa shape index (κ2) is 32.3. The second-order valence-corrected chi connectivity index (χ2v) is 38.1. The zero-order valence-corrected chi connectivity index (χ0v) is 74.6. The van der Waals surface area contributed by atoms with Crippen LogP contribution < -0.4 is 0 Å². The maximum Gasteiger partial charge on any atom is 0.246 e. The van der Waals surface area contributed by atoms with E-state index in [1.165, 1.54) is 159 Å². The van der Waals surface area contributed by atoms with E-state index >= 15 is 0 Å². The van der Waals surface area contributed by atoms with Gasteiger partial charge in [0.15, 0.2) is 0 Å². The molecule has 628 valence electrons. The van der Waals surface area contributed by atoms with Crippen LogP contribution in [-0.2, 0) is 0 Å². The highest BCUT2D eigenvalue weighted by molar-refractivity contribution is 7.27. The van der Waals surface area contributed by atoms with Crippen molar-refractivity contribution in [1.29, 1.82) is 0 Å². The van der Waals surface area contributed by atoms with Gasteiger partial charge in [-0.1, -0.05) is 310 Å². The van der Waals surface area contributed by atoms with Crippen molar-refractivity contribution < 1.29 is 13.3 Å². The largest absolute Gasteiger partial charge is 0.436 e. The molecule has 0 aliphatic heterocycles. The highest BCUT2D eigenvalue weighted by Gasteiger charge is 2.27. The van der Waals surface area contributed by atoms with Crippen molar-refractivity contribution in [1.82, 2.24) is 29.9 Å². The summed E-state index contributed by atoms with van der Waals surface area (Å²) in [6.07, 6.45) is 11.8.